The van der Waals surface area contributed by atoms with Crippen LogP contribution in [0.4, 0.5) is 10.2 Å². The Hall–Kier alpha value is -1.46. The predicted molar refractivity (Wildman–Crippen MR) is 73.5 cm³/mol. The van der Waals surface area contributed by atoms with E-state index in [1.54, 1.807) is 17.0 Å². The molecule has 0 aromatic heterocycles. The summed E-state index contributed by atoms with van der Waals surface area (Å²) in [6.07, 6.45) is 0. The predicted octanol–water partition coefficient (Wildman–Crippen LogP) is 2.39. The van der Waals surface area contributed by atoms with Crippen LogP contribution in [-0.4, -0.2) is 37.5 Å². The summed E-state index contributed by atoms with van der Waals surface area (Å²) in [5.74, 6) is 0.0910. The number of halogens is 1. The van der Waals surface area contributed by atoms with Crippen molar-refractivity contribution in [2.24, 2.45) is 0 Å². The number of hydrogen-bond donors (Lipinski definition) is 0. The number of hydrogen-bond acceptors (Lipinski definition) is 3. The van der Waals surface area contributed by atoms with Gasteiger partial charge in [-0.3, -0.25) is 9.69 Å². The van der Waals surface area contributed by atoms with E-state index < -0.39 is 0 Å². The number of amides is 1. The molecule has 1 aliphatic rings. The van der Waals surface area contributed by atoms with Crippen LogP contribution in [0.25, 0.3) is 0 Å². The second-order valence-corrected chi connectivity index (χ2v) is 4.20. The smallest absolute Gasteiger partial charge is 0.241 e. The van der Waals surface area contributed by atoms with Crippen molar-refractivity contribution in [1.29, 1.82) is 0 Å². The van der Waals surface area contributed by atoms with Gasteiger partial charge in [0, 0.05) is 18.8 Å². The first kappa shape index (κ1) is 15.6. The Morgan fingerprint density at radius 3 is 2.37 bits per heavy atom. The minimum absolute atomic E-state index is 0.0586. The molecule has 1 heterocycles. The molecule has 0 radical (unpaired) electrons. The molecular weight excluding hydrogens is 247 g/mol. The van der Waals surface area contributed by atoms with Gasteiger partial charge in [0.15, 0.2) is 0 Å². The van der Waals surface area contributed by atoms with Gasteiger partial charge in [0.05, 0.1) is 6.54 Å². The van der Waals surface area contributed by atoms with Crippen LogP contribution in [0.3, 0.4) is 0 Å². The summed E-state index contributed by atoms with van der Waals surface area (Å²) >= 11 is 0. The summed E-state index contributed by atoms with van der Waals surface area (Å²) < 4.78 is 11.7. The highest BCUT2D eigenvalue weighted by Gasteiger charge is 2.22. The molecule has 0 bridgehead atoms. The molecule has 1 aliphatic heterocycles. The monoisotopic (exact) mass is 268 g/mol. The number of likely N-dealkylation sites (N-methyl/N-ethyl adjacent to an activating group) is 1. The molecule has 0 atom stereocenters. The fraction of sp³-hybridized carbons (Fsp3) is 0.500. The van der Waals surface area contributed by atoms with Gasteiger partial charge in [-0.2, -0.15) is 4.94 Å². The van der Waals surface area contributed by atoms with Gasteiger partial charge in [-0.1, -0.05) is 26.0 Å². The number of piperazine rings is 1. The highest BCUT2D eigenvalue weighted by molar-refractivity contribution is 5.95. The molecule has 4 nitrogen and oxygen atoms in total. The SMILES string of the molecule is CC.CN1CCN(c2ccc(COF)cc2)C(=O)C1. The number of nitrogens with zero attached hydrogens (tertiary/aromatic N) is 2. The number of rotatable bonds is 3. The topological polar surface area (TPSA) is 32.8 Å². The van der Waals surface area contributed by atoms with Crippen molar-refractivity contribution in [3.63, 3.8) is 0 Å². The molecule has 0 N–H and O–H groups in total. The fourth-order valence-corrected chi connectivity index (χ4v) is 1.90. The number of anilines is 1. The molecular formula is C14H21FN2O2. The molecule has 19 heavy (non-hydrogen) atoms. The molecule has 1 aromatic carbocycles. The first-order chi connectivity index (χ1) is 9.20. The minimum Gasteiger partial charge on any atom is -0.310 e. The van der Waals surface area contributed by atoms with E-state index in [2.05, 4.69) is 4.94 Å². The average molecular weight is 268 g/mol. The van der Waals surface area contributed by atoms with Crippen LogP contribution < -0.4 is 4.90 Å². The van der Waals surface area contributed by atoms with Gasteiger partial charge in [0.2, 0.25) is 5.91 Å². The third-order valence-corrected chi connectivity index (χ3v) is 2.88. The highest BCUT2D eigenvalue weighted by Crippen LogP contribution is 2.18. The van der Waals surface area contributed by atoms with E-state index in [0.29, 0.717) is 13.1 Å². The van der Waals surface area contributed by atoms with E-state index in [1.165, 1.54) is 0 Å². The maximum absolute atomic E-state index is 11.8. The molecule has 2 rings (SSSR count). The van der Waals surface area contributed by atoms with Gasteiger partial charge >= 0.3 is 0 Å². The van der Waals surface area contributed by atoms with E-state index in [1.807, 2.05) is 37.9 Å². The Labute approximate surface area is 113 Å². The zero-order valence-corrected chi connectivity index (χ0v) is 11.7. The van der Waals surface area contributed by atoms with Crippen molar-refractivity contribution < 1.29 is 14.3 Å². The molecule has 1 aromatic rings. The van der Waals surface area contributed by atoms with Crippen LogP contribution in [0.15, 0.2) is 24.3 Å². The normalized spacial score (nSPS) is 16.0. The molecule has 1 amide bonds. The zero-order valence-electron chi connectivity index (χ0n) is 11.7. The Balaban J connectivity index is 0.000000861. The maximum atomic E-state index is 11.8. The van der Waals surface area contributed by atoms with Crippen LogP contribution >= 0.6 is 0 Å². The quantitative estimate of drug-likeness (QED) is 0.844. The summed E-state index contributed by atoms with van der Waals surface area (Å²) in [5, 5.41) is 0. The summed E-state index contributed by atoms with van der Waals surface area (Å²) in [5.41, 5.74) is 1.60. The van der Waals surface area contributed by atoms with E-state index >= 15 is 0 Å². The van der Waals surface area contributed by atoms with E-state index in [-0.39, 0.29) is 12.5 Å². The van der Waals surface area contributed by atoms with Gasteiger partial charge in [-0.15, -0.1) is 0 Å². The van der Waals surface area contributed by atoms with Crippen molar-refractivity contribution >= 4 is 11.6 Å². The van der Waals surface area contributed by atoms with E-state index in [4.69, 9.17) is 0 Å². The Morgan fingerprint density at radius 1 is 1.21 bits per heavy atom. The van der Waals surface area contributed by atoms with Crippen LogP contribution in [0, 0.1) is 0 Å². The van der Waals surface area contributed by atoms with Crippen molar-refractivity contribution in [2.75, 3.05) is 31.6 Å². The summed E-state index contributed by atoms with van der Waals surface area (Å²) in [6, 6.07) is 7.16. The second-order valence-electron chi connectivity index (χ2n) is 4.20. The van der Waals surface area contributed by atoms with E-state index in [9.17, 15) is 9.32 Å². The van der Waals surface area contributed by atoms with E-state index in [0.717, 1.165) is 17.8 Å². The lowest BCUT2D eigenvalue weighted by Gasteiger charge is -2.32. The molecule has 106 valence electrons. The van der Waals surface area contributed by atoms with Gasteiger partial charge < -0.3 is 4.90 Å². The average Bonchev–Trinajstić information content (AvgIpc) is 2.43. The third-order valence-electron chi connectivity index (χ3n) is 2.88. The Morgan fingerprint density at radius 2 is 1.84 bits per heavy atom. The molecule has 0 spiro atoms. The van der Waals surface area contributed by atoms with Crippen molar-refractivity contribution in [1.82, 2.24) is 4.90 Å². The molecule has 5 heteroatoms. The number of benzene rings is 1. The molecule has 1 fully saturated rings. The highest BCUT2D eigenvalue weighted by atomic mass is 19.3. The van der Waals surface area contributed by atoms with Crippen LogP contribution in [0.2, 0.25) is 0 Å². The van der Waals surface area contributed by atoms with Crippen molar-refractivity contribution in [2.45, 2.75) is 20.5 Å². The summed E-state index contributed by atoms with van der Waals surface area (Å²) in [4.78, 5) is 19.1. The summed E-state index contributed by atoms with van der Waals surface area (Å²) in [7, 11) is 1.93. The third kappa shape index (κ3) is 4.29. The summed E-state index contributed by atoms with van der Waals surface area (Å²) in [6.45, 7) is 5.93. The number of carbonyl (C=O) groups excluding carboxylic acids is 1. The second kappa shape index (κ2) is 7.86. The van der Waals surface area contributed by atoms with Crippen LogP contribution in [0.1, 0.15) is 19.4 Å². The number of carbonyl (C=O) groups is 1. The molecule has 0 aliphatic carbocycles. The Kier molecular flexibility index (Phi) is 6.45. The van der Waals surface area contributed by atoms with Gasteiger partial charge in [0.1, 0.15) is 6.61 Å². The largest absolute Gasteiger partial charge is 0.310 e. The molecule has 1 saturated heterocycles. The lowest BCUT2D eigenvalue weighted by molar-refractivity contribution is -0.144. The first-order valence-corrected chi connectivity index (χ1v) is 6.52. The standard InChI is InChI=1S/C12H15FN2O2.C2H6/c1-14-6-7-15(12(16)8-14)11-4-2-10(3-5-11)9-17-13;1-2/h2-5H,6-9H2,1H3;1-2H3. The molecule has 0 saturated carbocycles. The lowest BCUT2D eigenvalue weighted by atomic mass is 10.2. The van der Waals surface area contributed by atoms with Crippen molar-refractivity contribution in [3.05, 3.63) is 29.8 Å². The zero-order chi connectivity index (χ0) is 14.3. The fourth-order valence-electron chi connectivity index (χ4n) is 1.90. The van der Waals surface area contributed by atoms with Gasteiger partial charge in [-0.05, 0) is 29.3 Å². The lowest BCUT2D eigenvalue weighted by Crippen LogP contribution is -2.48. The first-order valence-electron chi connectivity index (χ1n) is 6.52. The maximum Gasteiger partial charge on any atom is 0.241 e. The van der Waals surface area contributed by atoms with Crippen LogP contribution in [0.5, 0.6) is 0 Å². The van der Waals surface area contributed by atoms with Gasteiger partial charge in [0.25, 0.3) is 0 Å². The minimum atomic E-state index is -0.0586. The molecule has 0 unspecified atom stereocenters. The van der Waals surface area contributed by atoms with Gasteiger partial charge in [-0.25, -0.2) is 0 Å². The Bertz CT molecular complexity index is 395. The van der Waals surface area contributed by atoms with Crippen LogP contribution in [-0.2, 0) is 16.3 Å². The van der Waals surface area contributed by atoms with Crippen molar-refractivity contribution in [3.8, 4) is 0 Å².